The van der Waals surface area contributed by atoms with E-state index in [9.17, 15) is 4.79 Å². The van der Waals surface area contributed by atoms with Crippen LogP contribution in [0.25, 0.3) is 0 Å². The normalized spacial score (nSPS) is 8.64. The highest BCUT2D eigenvalue weighted by Crippen LogP contribution is 2.07. The van der Waals surface area contributed by atoms with Crippen molar-refractivity contribution in [2.24, 2.45) is 5.11 Å². The van der Waals surface area contributed by atoms with Crippen LogP contribution in [0.15, 0.2) is 35.4 Å². The van der Waals surface area contributed by atoms with Gasteiger partial charge in [-0.15, -0.1) is 0 Å². The van der Waals surface area contributed by atoms with E-state index < -0.39 is 5.97 Å². The largest absolute Gasteiger partial charge is 0.458 e. The number of hydrogen-bond acceptors (Lipinski definition) is 3. The molecular weight excluding hydrogens is 180 g/mol. The van der Waals surface area contributed by atoms with Gasteiger partial charge in [0, 0.05) is 0 Å². The Morgan fingerprint density at radius 1 is 1.50 bits per heavy atom. The Morgan fingerprint density at radius 3 is 2.86 bits per heavy atom. The van der Waals surface area contributed by atoms with Gasteiger partial charge in [0.15, 0.2) is 0 Å². The molecule has 14 heavy (non-hydrogen) atoms. The Balaban J connectivity index is 2.60. The van der Waals surface area contributed by atoms with Gasteiger partial charge >= 0.3 is 12.2 Å². The first kappa shape index (κ1) is 10.2. The van der Waals surface area contributed by atoms with Crippen molar-refractivity contribution in [3.05, 3.63) is 30.3 Å². The average molecular weight is 191 g/mol. The fraction of sp³-hybridized carbons (Fsp3) is 0.200. The molecule has 0 N–H and O–H groups in total. The minimum atomic E-state index is -0.479. The van der Waals surface area contributed by atoms with E-state index in [2.05, 4.69) is 14.6 Å². The maximum atomic E-state index is 10.8. The number of carbonyl (C=O) groups excluding carboxylic acids is 1. The molecule has 4 nitrogen and oxygen atoms in total. The van der Waals surface area contributed by atoms with E-state index >= 15 is 0 Å². The van der Waals surface area contributed by atoms with Crippen molar-refractivity contribution in [2.75, 3.05) is 6.61 Å². The molecule has 0 aliphatic rings. The van der Waals surface area contributed by atoms with Crippen LogP contribution in [0.2, 0.25) is 0 Å². The summed E-state index contributed by atoms with van der Waals surface area (Å²) in [5.41, 5.74) is 0.702. The Bertz CT molecular complexity index is 354. The molecule has 1 rings (SSSR count). The van der Waals surface area contributed by atoms with Gasteiger partial charge in [-0.1, -0.05) is 18.2 Å². The number of esters is 1. The minimum absolute atomic E-state index is 0.343. The molecule has 72 valence electrons. The summed E-state index contributed by atoms with van der Waals surface area (Å²) in [6.45, 7) is 2.08. The van der Waals surface area contributed by atoms with E-state index in [4.69, 9.17) is 0 Å². The summed E-state index contributed by atoms with van der Waals surface area (Å²) in [7, 11) is 0. The van der Waals surface area contributed by atoms with Crippen molar-refractivity contribution in [1.29, 1.82) is 0 Å². The summed E-state index contributed by atoms with van der Waals surface area (Å²) in [6, 6.07) is 9.16. The van der Waals surface area contributed by atoms with Crippen LogP contribution in [0.3, 0.4) is 0 Å². The lowest BCUT2D eigenvalue weighted by Crippen LogP contribution is -2.05. The molecular formula is C10H11N2O2+. The monoisotopic (exact) mass is 191 g/mol. The maximum absolute atomic E-state index is 10.8. The highest BCUT2D eigenvalue weighted by molar-refractivity contribution is 6.20. The van der Waals surface area contributed by atoms with Crippen molar-refractivity contribution in [2.45, 2.75) is 6.92 Å². The van der Waals surface area contributed by atoms with Crippen molar-refractivity contribution in [1.82, 2.24) is 0 Å². The van der Waals surface area contributed by atoms with E-state index in [1.807, 2.05) is 18.2 Å². The van der Waals surface area contributed by atoms with Crippen LogP contribution < -0.4 is 0 Å². The Morgan fingerprint density at radius 2 is 2.21 bits per heavy atom. The Labute approximate surface area is 82.0 Å². The molecule has 0 bridgehead atoms. The molecule has 0 saturated carbocycles. The van der Waals surface area contributed by atoms with E-state index in [1.165, 1.54) is 0 Å². The third kappa shape index (κ3) is 3.65. The lowest BCUT2D eigenvalue weighted by atomic mass is 10.3. The van der Waals surface area contributed by atoms with E-state index in [0.29, 0.717) is 12.3 Å². The van der Waals surface area contributed by atoms with E-state index in [1.54, 1.807) is 19.1 Å². The maximum Gasteiger partial charge on any atom is 0.418 e. The summed E-state index contributed by atoms with van der Waals surface area (Å²) >= 11 is 0. The molecule has 1 aromatic rings. The number of nitrogens with zero attached hydrogens (tertiary/aromatic N) is 2. The molecule has 0 unspecified atom stereocenters. The number of rotatable bonds is 3. The van der Waals surface area contributed by atoms with Crippen molar-refractivity contribution in [3.63, 3.8) is 0 Å². The molecule has 0 atom stereocenters. The topological polar surface area (TPSA) is 52.8 Å². The zero-order valence-electron chi connectivity index (χ0n) is 7.88. The van der Waals surface area contributed by atoms with Crippen molar-refractivity contribution < 1.29 is 14.3 Å². The molecule has 0 aliphatic heterocycles. The number of carbonyl (C=O) groups is 1. The first-order valence-electron chi connectivity index (χ1n) is 4.29. The number of ether oxygens (including phenoxy) is 1. The summed E-state index contributed by atoms with van der Waals surface area (Å²) in [6.07, 6.45) is 1.05. The predicted octanol–water partition coefficient (Wildman–Crippen LogP) is 1.61. The van der Waals surface area contributed by atoms with Gasteiger partial charge in [0.2, 0.25) is 0 Å². The van der Waals surface area contributed by atoms with Gasteiger partial charge in [0.05, 0.1) is 11.4 Å². The SMILES string of the molecule is CCOC(=O)C=[N+]=Nc1ccccc1. The molecule has 0 spiro atoms. The quantitative estimate of drug-likeness (QED) is 0.315. The van der Waals surface area contributed by atoms with Crippen molar-refractivity contribution in [3.8, 4) is 0 Å². The second-order valence-corrected chi connectivity index (χ2v) is 2.43. The second kappa shape index (κ2) is 5.67. The van der Waals surface area contributed by atoms with E-state index in [0.717, 1.165) is 6.21 Å². The summed E-state index contributed by atoms with van der Waals surface area (Å²) in [5.74, 6) is -0.479. The molecule has 0 heterocycles. The average Bonchev–Trinajstić information content (AvgIpc) is 2.20. The third-order valence-corrected chi connectivity index (χ3v) is 1.38. The van der Waals surface area contributed by atoms with Gasteiger partial charge in [-0.2, -0.15) is 0 Å². The van der Waals surface area contributed by atoms with E-state index in [-0.39, 0.29) is 0 Å². The van der Waals surface area contributed by atoms with Crippen LogP contribution in [0, 0.1) is 0 Å². The molecule has 0 aliphatic carbocycles. The summed E-state index contributed by atoms with van der Waals surface area (Å²) in [4.78, 5) is 14.4. The van der Waals surface area contributed by atoms with Gasteiger partial charge in [-0.25, -0.2) is 4.79 Å². The first-order valence-corrected chi connectivity index (χ1v) is 4.29. The zero-order valence-corrected chi connectivity index (χ0v) is 7.88. The smallest absolute Gasteiger partial charge is 0.418 e. The highest BCUT2D eigenvalue weighted by atomic mass is 16.5. The van der Waals surface area contributed by atoms with Gasteiger partial charge in [-0.05, 0) is 19.1 Å². The third-order valence-electron chi connectivity index (χ3n) is 1.38. The predicted molar refractivity (Wildman–Crippen MR) is 51.5 cm³/mol. The molecule has 0 aromatic heterocycles. The van der Waals surface area contributed by atoms with Crippen LogP contribution in [0.5, 0.6) is 0 Å². The van der Waals surface area contributed by atoms with Crippen LogP contribution in [-0.2, 0) is 9.53 Å². The standard InChI is InChI=1S/C10H11N2O2/c1-2-14-10(13)8-11-12-9-6-4-3-5-7-9/h3-8H,2H2,1H3/q+1. The molecule has 0 fully saturated rings. The number of benzene rings is 1. The van der Waals surface area contributed by atoms with Crippen LogP contribution in [0.1, 0.15) is 6.92 Å². The lowest BCUT2D eigenvalue weighted by Gasteiger charge is -1.86. The fourth-order valence-corrected chi connectivity index (χ4v) is 0.817. The highest BCUT2D eigenvalue weighted by Gasteiger charge is 2.02. The van der Waals surface area contributed by atoms with Crippen LogP contribution in [0.4, 0.5) is 5.69 Å². The molecule has 0 amide bonds. The van der Waals surface area contributed by atoms with Gasteiger partial charge in [0.25, 0.3) is 0 Å². The minimum Gasteiger partial charge on any atom is -0.458 e. The summed E-state index contributed by atoms with van der Waals surface area (Å²) < 4.78 is 4.63. The molecule has 4 heteroatoms. The Hall–Kier alpha value is -1.93. The van der Waals surface area contributed by atoms with Crippen LogP contribution in [-0.4, -0.2) is 23.6 Å². The van der Waals surface area contributed by atoms with Crippen molar-refractivity contribution >= 4 is 17.9 Å². The number of hydrogen-bond donors (Lipinski definition) is 0. The summed E-state index contributed by atoms with van der Waals surface area (Å²) in [5, 5.41) is 3.80. The van der Waals surface area contributed by atoms with Gasteiger partial charge < -0.3 is 4.74 Å². The van der Waals surface area contributed by atoms with Crippen LogP contribution >= 0.6 is 0 Å². The second-order valence-electron chi connectivity index (χ2n) is 2.43. The molecule has 0 radical (unpaired) electrons. The Kier molecular flexibility index (Phi) is 4.11. The molecule has 1 aromatic carbocycles. The van der Waals surface area contributed by atoms with Gasteiger partial charge in [0.1, 0.15) is 10.8 Å². The fourth-order valence-electron chi connectivity index (χ4n) is 0.817. The van der Waals surface area contributed by atoms with Gasteiger partial charge in [-0.3, -0.25) is 0 Å². The molecule has 0 saturated heterocycles. The lowest BCUT2D eigenvalue weighted by molar-refractivity contribution is -0.141. The first-order chi connectivity index (χ1) is 6.83. The zero-order chi connectivity index (χ0) is 10.2.